The maximum absolute atomic E-state index is 5.47. The van der Waals surface area contributed by atoms with Crippen LogP contribution in [0.2, 0.25) is 0 Å². The molecule has 5 heteroatoms. The van der Waals surface area contributed by atoms with Crippen LogP contribution in [0.5, 0.6) is 11.9 Å². The Balaban J connectivity index is 2.95. The van der Waals surface area contributed by atoms with E-state index in [9.17, 15) is 0 Å². The first-order valence-electron chi connectivity index (χ1n) is 4.04. The van der Waals surface area contributed by atoms with Gasteiger partial charge in [-0.25, -0.2) is 4.98 Å². The van der Waals surface area contributed by atoms with E-state index in [4.69, 9.17) is 15.2 Å². The Morgan fingerprint density at radius 2 is 2.31 bits per heavy atom. The van der Waals surface area contributed by atoms with Crippen LogP contribution in [0.4, 0.5) is 0 Å². The van der Waals surface area contributed by atoms with E-state index in [0.29, 0.717) is 25.0 Å². The molecule has 0 unspecified atom stereocenters. The fraction of sp³-hybridized carbons (Fsp3) is 0.500. The number of nitrogens with zero attached hydrogens (tertiary/aromatic N) is 2. The molecule has 1 rings (SSSR count). The van der Waals surface area contributed by atoms with Gasteiger partial charge in [-0.3, -0.25) is 0 Å². The summed E-state index contributed by atoms with van der Waals surface area (Å²) >= 11 is 0. The molecule has 0 bridgehead atoms. The summed E-state index contributed by atoms with van der Waals surface area (Å²) in [7, 11) is 1.51. The quantitative estimate of drug-likeness (QED) is 0.729. The second-order valence-corrected chi connectivity index (χ2v) is 2.32. The number of hydrogen-bond acceptors (Lipinski definition) is 5. The molecule has 0 amide bonds. The fourth-order valence-electron chi connectivity index (χ4n) is 0.876. The van der Waals surface area contributed by atoms with Gasteiger partial charge >= 0.3 is 6.01 Å². The third-order valence-corrected chi connectivity index (χ3v) is 1.49. The maximum Gasteiger partial charge on any atom is 0.319 e. The highest BCUT2D eigenvalue weighted by molar-refractivity contribution is 5.24. The van der Waals surface area contributed by atoms with Crippen molar-refractivity contribution in [2.24, 2.45) is 5.73 Å². The van der Waals surface area contributed by atoms with Gasteiger partial charge < -0.3 is 15.2 Å². The van der Waals surface area contributed by atoms with Crippen molar-refractivity contribution < 1.29 is 9.47 Å². The highest BCUT2D eigenvalue weighted by Gasteiger charge is 2.06. The monoisotopic (exact) mass is 183 g/mol. The summed E-state index contributed by atoms with van der Waals surface area (Å²) in [6, 6.07) is 0.292. The molecule has 0 aliphatic heterocycles. The molecule has 0 saturated heterocycles. The van der Waals surface area contributed by atoms with Gasteiger partial charge in [0.05, 0.1) is 13.7 Å². The van der Waals surface area contributed by atoms with Crippen molar-refractivity contribution in [2.75, 3.05) is 13.7 Å². The van der Waals surface area contributed by atoms with Crippen LogP contribution in [0.15, 0.2) is 6.20 Å². The van der Waals surface area contributed by atoms with Crippen LogP contribution in [-0.2, 0) is 6.54 Å². The van der Waals surface area contributed by atoms with E-state index in [0.717, 1.165) is 5.56 Å². The van der Waals surface area contributed by atoms with E-state index >= 15 is 0 Å². The number of ether oxygens (including phenoxy) is 2. The average Bonchev–Trinajstić information content (AvgIpc) is 2.18. The van der Waals surface area contributed by atoms with Crippen LogP contribution < -0.4 is 15.2 Å². The zero-order chi connectivity index (χ0) is 9.68. The molecule has 0 aliphatic carbocycles. The normalized spacial score (nSPS) is 9.77. The summed E-state index contributed by atoms with van der Waals surface area (Å²) in [5, 5.41) is 0. The van der Waals surface area contributed by atoms with Crippen LogP contribution in [0, 0.1) is 0 Å². The van der Waals surface area contributed by atoms with Crippen LogP contribution in [-0.4, -0.2) is 23.7 Å². The number of hydrogen-bond donors (Lipinski definition) is 1. The average molecular weight is 183 g/mol. The Bertz CT molecular complexity index is 278. The Morgan fingerprint density at radius 1 is 1.54 bits per heavy atom. The van der Waals surface area contributed by atoms with Crippen molar-refractivity contribution in [1.82, 2.24) is 9.97 Å². The third-order valence-electron chi connectivity index (χ3n) is 1.49. The lowest BCUT2D eigenvalue weighted by Gasteiger charge is -2.07. The van der Waals surface area contributed by atoms with Crippen molar-refractivity contribution in [3.63, 3.8) is 0 Å². The summed E-state index contributed by atoms with van der Waals surface area (Å²) in [6.07, 6.45) is 1.61. The summed E-state index contributed by atoms with van der Waals surface area (Å²) in [6.45, 7) is 2.79. The van der Waals surface area contributed by atoms with Crippen molar-refractivity contribution in [3.05, 3.63) is 11.8 Å². The molecule has 13 heavy (non-hydrogen) atoms. The zero-order valence-corrected chi connectivity index (χ0v) is 7.78. The number of rotatable bonds is 4. The Hall–Kier alpha value is -1.36. The Kier molecular flexibility index (Phi) is 3.45. The lowest BCUT2D eigenvalue weighted by molar-refractivity contribution is 0.307. The highest BCUT2D eigenvalue weighted by atomic mass is 16.5. The molecule has 2 N–H and O–H groups in total. The van der Waals surface area contributed by atoms with Gasteiger partial charge in [-0.1, -0.05) is 0 Å². The molecule has 0 atom stereocenters. The van der Waals surface area contributed by atoms with E-state index in [1.165, 1.54) is 7.11 Å². The van der Waals surface area contributed by atoms with Gasteiger partial charge in [-0.05, 0) is 6.92 Å². The Labute approximate surface area is 76.9 Å². The van der Waals surface area contributed by atoms with Gasteiger partial charge in [0.2, 0.25) is 5.88 Å². The molecule has 5 nitrogen and oxygen atoms in total. The van der Waals surface area contributed by atoms with Gasteiger partial charge in [0, 0.05) is 18.3 Å². The minimum atomic E-state index is 0.292. The van der Waals surface area contributed by atoms with E-state index in [-0.39, 0.29) is 0 Å². The molecule has 0 saturated carbocycles. The summed E-state index contributed by atoms with van der Waals surface area (Å²) < 4.78 is 10.1. The van der Waals surface area contributed by atoms with Gasteiger partial charge in [0.15, 0.2) is 0 Å². The largest absolute Gasteiger partial charge is 0.478 e. The van der Waals surface area contributed by atoms with Crippen molar-refractivity contribution >= 4 is 0 Å². The van der Waals surface area contributed by atoms with E-state index in [1.807, 2.05) is 6.92 Å². The van der Waals surface area contributed by atoms with E-state index in [1.54, 1.807) is 6.20 Å². The lowest BCUT2D eigenvalue weighted by Crippen LogP contribution is -2.06. The molecule has 0 radical (unpaired) electrons. The standard InChI is InChI=1S/C8H13N3O2/c1-3-13-7-6(4-9)5-10-8(11-7)12-2/h5H,3-4,9H2,1-2H3. The highest BCUT2D eigenvalue weighted by Crippen LogP contribution is 2.16. The van der Waals surface area contributed by atoms with Crippen molar-refractivity contribution in [3.8, 4) is 11.9 Å². The van der Waals surface area contributed by atoms with Crippen LogP contribution in [0.25, 0.3) is 0 Å². The van der Waals surface area contributed by atoms with Crippen molar-refractivity contribution in [1.29, 1.82) is 0 Å². The minimum absolute atomic E-state index is 0.292. The predicted molar refractivity (Wildman–Crippen MR) is 47.6 cm³/mol. The minimum Gasteiger partial charge on any atom is -0.478 e. The molecular weight excluding hydrogens is 170 g/mol. The predicted octanol–water partition coefficient (Wildman–Crippen LogP) is 0.343. The molecule has 1 aromatic rings. The second kappa shape index (κ2) is 4.61. The van der Waals surface area contributed by atoms with Gasteiger partial charge in [0.25, 0.3) is 0 Å². The zero-order valence-electron chi connectivity index (χ0n) is 7.78. The van der Waals surface area contributed by atoms with E-state index in [2.05, 4.69) is 9.97 Å². The first-order valence-corrected chi connectivity index (χ1v) is 4.04. The number of aromatic nitrogens is 2. The molecule has 0 fully saturated rings. The van der Waals surface area contributed by atoms with Gasteiger partial charge in [-0.2, -0.15) is 4.98 Å². The number of nitrogens with two attached hydrogens (primary N) is 1. The molecule has 0 aliphatic rings. The smallest absolute Gasteiger partial charge is 0.319 e. The topological polar surface area (TPSA) is 70.3 Å². The summed E-state index contributed by atoms with van der Waals surface area (Å²) in [5.74, 6) is 0.497. The first kappa shape index (κ1) is 9.73. The molecule has 0 spiro atoms. The molecule has 0 aromatic carbocycles. The van der Waals surface area contributed by atoms with Crippen LogP contribution >= 0.6 is 0 Å². The molecule has 72 valence electrons. The van der Waals surface area contributed by atoms with E-state index < -0.39 is 0 Å². The van der Waals surface area contributed by atoms with Gasteiger partial charge in [-0.15, -0.1) is 0 Å². The van der Waals surface area contributed by atoms with Gasteiger partial charge in [0.1, 0.15) is 0 Å². The molecule has 1 aromatic heterocycles. The van der Waals surface area contributed by atoms with Crippen LogP contribution in [0.3, 0.4) is 0 Å². The SMILES string of the molecule is CCOc1nc(OC)ncc1CN. The Morgan fingerprint density at radius 3 is 2.85 bits per heavy atom. The third kappa shape index (κ3) is 2.29. The second-order valence-electron chi connectivity index (χ2n) is 2.32. The molecule has 1 heterocycles. The summed E-state index contributed by atoms with van der Waals surface area (Å²) in [5.41, 5.74) is 6.25. The first-order chi connectivity index (χ1) is 6.31. The van der Waals surface area contributed by atoms with Crippen molar-refractivity contribution in [2.45, 2.75) is 13.5 Å². The molecular formula is C8H13N3O2. The lowest BCUT2D eigenvalue weighted by atomic mass is 10.3. The fourth-order valence-corrected chi connectivity index (χ4v) is 0.876. The van der Waals surface area contributed by atoms with Crippen LogP contribution in [0.1, 0.15) is 12.5 Å². The maximum atomic E-state index is 5.47. The number of methoxy groups -OCH3 is 1. The summed E-state index contributed by atoms with van der Waals surface area (Å²) in [4.78, 5) is 7.93.